The predicted molar refractivity (Wildman–Crippen MR) is 99.3 cm³/mol. The third-order valence-electron chi connectivity index (χ3n) is 3.99. The Balaban J connectivity index is 0.00000156. The van der Waals surface area contributed by atoms with Gasteiger partial charge in [0.2, 0.25) is 0 Å². The molecule has 0 aliphatic rings. The van der Waals surface area contributed by atoms with Crippen LogP contribution in [0.4, 0.5) is 13.2 Å². The summed E-state index contributed by atoms with van der Waals surface area (Å²) in [7, 11) is 0. The van der Waals surface area contributed by atoms with Crippen molar-refractivity contribution in [1.29, 1.82) is 0 Å². The Kier molecular flexibility index (Phi) is 10.4. The molecule has 0 saturated heterocycles. The SMILES string of the molecule is O=C(O)CCC(=O)c1cccc(-c2cc(C(F)(F)F)nn2-c2cc[c-]cc2)c1.[NH2-].[Os]#[Os]. The van der Waals surface area contributed by atoms with Gasteiger partial charge in [-0.25, -0.2) is 0 Å². The molecule has 0 radical (unpaired) electrons. The number of carboxylic acid groups (broad SMARTS) is 1. The van der Waals surface area contributed by atoms with Gasteiger partial charge in [-0.15, -0.1) is 12.1 Å². The summed E-state index contributed by atoms with van der Waals surface area (Å²) in [4.78, 5) is 22.8. The number of nitrogens with two attached hydrogens (primary N) is 1. The van der Waals surface area contributed by atoms with Crippen LogP contribution in [0.25, 0.3) is 23.1 Å². The molecule has 3 aromatic rings. The molecule has 0 unspecified atom stereocenters. The molecular formula is C20H16F3N3O3Os2-2. The van der Waals surface area contributed by atoms with Crippen LogP contribution >= 0.6 is 0 Å². The van der Waals surface area contributed by atoms with E-state index in [1.807, 2.05) is 30.3 Å². The van der Waals surface area contributed by atoms with Crippen LogP contribution in [0.15, 0.2) is 54.6 Å². The van der Waals surface area contributed by atoms with Crippen LogP contribution in [0.5, 0.6) is 0 Å². The van der Waals surface area contributed by atoms with Crippen molar-refractivity contribution in [2.45, 2.75) is 19.0 Å². The van der Waals surface area contributed by atoms with Gasteiger partial charge < -0.3 is 11.3 Å². The van der Waals surface area contributed by atoms with E-state index in [1.54, 1.807) is 30.3 Å². The summed E-state index contributed by atoms with van der Waals surface area (Å²) < 4.78 is 40.8. The van der Waals surface area contributed by atoms with Crippen molar-refractivity contribution in [2.75, 3.05) is 0 Å². The van der Waals surface area contributed by atoms with Crippen molar-refractivity contribution in [2.24, 2.45) is 0 Å². The van der Waals surface area contributed by atoms with Gasteiger partial charge in [0, 0.05) is 17.5 Å². The van der Waals surface area contributed by atoms with Crippen LogP contribution in [-0.2, 0) is 41.3 Å². The Morgan fingerprint density at radius 2 is 1.71 bits per heavy atom. The van der Waals surface area contributed by atoms with Crippen LogP contribution in [0.2, 0.25) is 0 Å². The fourth-order valence-corrected chi connectivity index (χ4v) is 2.66. The van der Waals surface area contributed by atoms with Gasteiger partial charge in [-0.1, -0.05) is 18.2 Å². The van der Waals surface area contributed by atoms with Crippen molar-refractivity contribution in [3.63, 3.8) is 0 Å². The molecule has 1 heterocycles. The third kappa shape index (κ3) is 7.18. The molecule has 0 amide bonds. The van der Waals surface area contributed by atoms with E-state index in [-0.39, 0.29) is 30.2 Å². The van der Waals surface area contributed by atoms with Crippen LogP contribution in [0.1, 0.15) is 28.9 Å². The molecule has 3 rings (SSSR count). The predicted octanol–water partition coefficient (Wildman–Crippen LogP) is 5.12. The first kappa shape index (κ1) is 26.8. The van der Waals surface area contributed by atoms with Gasteiger partial charge in [0.15, 0.2) is 11.5 Å². The van der Waals surface area contributed by atoms with Gasteiger partial charge in [-0.05, 0) is 17.8 Å². The molecule has 0 spiro atoms. The maximum absolute atomic E-state index is 13.2. The van der Waals surface area contributed by atoms with Gasteiger partial charge in [0.25, 0.3) is 0 Å². The number of hydrogen-bond acceptors (Lipinski definition) is 3. The van der Waals surface area contributed by atoms with Crippen molar-refractivity contribution in [1.82, 2.24) is 9.78 Å². The Morgan fingerprint density at radius 1 is 1.06 bits per heavy atom. The molecule has 3 N–H and O–H groups in total. The van der Waals surface area contributed by atoms with Gasteiger partial charge in [0.1, 0.15) is 0 Å². The first-order valence-corrected chi connectivity index (χ1v) is 16.6. The molecule has 168 valence electrons. The zero-order valence-corrected chi connectivity index (χ0v) is 20.8. The fourth-order valence-electron chi connectivity index (χ4n) is 2.66. The van der Waals surface area contributed by atoms with E-state index in [4.69, 9.17) is 5.11 Å². The molecule has 0 aliphatic heterocycles. The number of nitrogens with zero attached hydrogens (tertiary/aromatic N) is 2. The molecule has 6 nitrogen and oxygen atoms in total. The second-order valence-corrected chi connectivity index (χ2v) is 5.98. The normalized spacial score (nSPS) is 10.4. The number of aliphatic carboxylic acids is 1. The molecule has 0 saturated carbocycles. The Hall–Kier alpha value is -2.19. The zero-order chi connectivity index (χ0) is 22.3. The number of benzene rings is 2. The van der Waals surface area contributed by atoms with Crippen LogP contribution in [0.3, 0.4) is 0 Å². The van der Waals surface area contributed by atoms with Crippen molar-refractivity contribution < 1.29 is 58.2 Å². The summed E-state index contributed by atoms with van der Waals surface area (Å²) in [6, 6.07) is 16.0. The Labute approximate surface area is 193 Å². The minimum absolute atomic E-state index is 0. The van der Waals surface area contributed by atoms with Crippen molar-refractivity contribution in [3.05, 3.63) is 78.1 Å². The van der Waals surface area contributed by atoms with Gasteiger partial charge >= 0.3 is 42.4 Å². The van der Waals surface area contributed by atoms with Gasteiger partial charge in [-0.2, -0.15) is 36.5 Å². The fraction of sp³-hybridized carbons (Fsp3) is 0.150. The monoisotopic (exact) mass is 787 g/mol. The summed E-state index contributed by atoms with van der Waals surface area (Å²) in [5, 5.41) is 12.4. The second kappa shape index (κ2) is 12.0. The molecule has 0 aliphatic carbocycles. The number of rotatable bonds is 6. The molecule has 2 aromatic carbocycles. The summed E-state index contributed by atoms with van der Waals surface area (Å²) in [5.74, 6) is -1.50. The molecule has 0 bridgehead atoms. The standard InChI is InChI=1S/C20H14F3N2O3.H2N.2Os/c21-20(22,23)18-12-16(25(24-18)15-7-2-1-3-8-15)13-5-4-6-14(11-13)17(26)9-10-19(27)28;;;/h2-8,11-12H,9-10H2,(H,27,28);1H2;;/q2*-1;;. The van der Waals surface area contributed by atoms with E-state index in [1.165, 1.54) is 18.2 Å². The third-order valence-corrected chi connectivity index (χ3v) is 3.99. The average molecular weight is 784 g/mol. The number of aromatic nitrogens is 2. The number of alkyl halides is 3. The molecule has 31 heavy (non-hydrogen) atoms. The van der Waals surface area contributed by atoms with E-state index in [9.17, 15) is 22.8 Å². The number of hydrogen-bond donors (Lipinski definition) is 1. The number of Topliss-reactive ketones (excluding diaryl/α,β-unsaturated/α-hetero) is 1. The summed E-state index contributed by atoms with van der Waals surface area (Å²) in [5.41, 5.74) is 0.0923. The van der Waals surface area contributed by atoms with Gasteiger partial charge in [-0.3, -0.25) is 14.3 Å². The van der Waals surface area contributed by atoms with Crippen LogP contribution < -0.4 is 0 Å². The summed E-state index contributed by atoms with van der Waals surface area (Å²) >= 11 is 3.78. The first-order valence-electron chi connectivity index (χ1n) is 8.37. The van der Waals surface area contributed by atoms with Crippen molar-refractivity contribution in [3.8, 4) is 16.9 Å². The number of carbonyl (C=O) groups excluding carboxylic acids is 1. The van der Waals surface area contributed by atoms with Gasteiger partial charge in [0.05, 0.1) is 12.1 Å². The molecule has 11 heteroatoms. The van der Waals surface area contributed by atoms with E-state index in [0.29, 0.717) is 11.3 Å². The Bertz CT molecular complexity index is 1070. The number of halogens is 3. The molecular weight excluding hydrogens is 768 g/mol. The van der Waals surface area contributed by atoms with Crippen molar-refractivity contribution >= 4 is 11.8 Å². The number of ketones is 1. The molecule has 0 fully saturated rings. The number of carbonyl (C=O) groups is 2. The average Bonchev–Trinajstić information content (AvgIpc) is 3.20. The van der Waals surface area contributed by atoms with E-state index < -0.39 is 23.6 Å². The minimum atomic E-state index is -4.63. The van der Waals surface area contributed by atoms with E-state index in [2.05, 4.69) is 11.2 Å². The second-order valence-electron chi connectivity index (χ2n) is 5.98. The topological polar surface area (TPSA) is 106 Å². The number of carboxylic acids is 1. The summed E-state index contributed by atoms with van der Waals surface area (Å²) in [6.45, 7) is 0. The zero-order valence-electron chi connectivity index (χ0n) is 15.7. The molecule has 1 aromatic heterocycles. The van der Waals surface area contributed by atoms with E-state index >= 15 is 0 Å². The first-order chi connectivity index (χ1) is 14.3. The quantitative estimate of drug-likeness (QED) is 0.277. The summed E-state index contributed by atoms with van der Waals surface area (Å²) in [6.07, 6.45) is -5.14. The van der Waals surface area contributed by atoms with E-state index in [0.717, 1.165) is 10.7 Å². The van der Waals surface area contributed by atoms with Crippen LogP contribution in [-0.4, -0.2) is 26.6 Å². The van der Waals surface area contributed by atoms with Crippen LogP contribution in [0, 0.1) is 6.07 Å². The Morgan fingerprint density at radius 3 is 2.29 bits per heavy atom. The molecule has 0 atom stereocenters. The maximum atomic E-state index is 13.2.